The van der Waals surface area contributed by atoms with Gasteiger partial charge in [-0.2, -0.15) is 0 Å². The monoisotopic (exact) mass is 462 g/mol. The molecular formula is C28H38N4O2. The fourth-order valence-electron chi connectivity index (χ4n) is 5.24. The second kappa shape index (κ2) is 10.7. The van der Waals surface area contributed by atoms with E-state index in [1.807, 2.05) is 29.2 Å². The molecule has 1 atom stereocenters. The fourth-order valence-corrected chi connectivity index (χ4v) is 5.24. The molecule has 1 aliphatic carbocycles. The third kappa shape index (κ3) is 5.84. The van der Waals surface area contributed by atoms with Gasteiger partial charge in [-0.05, 0) is 59.6 Å². The van der Waals surface area contributed by atoms with Crippen molar-refractivity contribution in [2.45, 2.75) is 64.5 Å². The Balaban J connectivity index is 1.37. The Labute approximate surface area is 203 Å². The van der Waals surface area contributed by atoms with Gasteiger partial charge < -0.3 is 10.2 Å². The van der Waals surface area contributed by atoms with Crippen molar-refractivity contribution in [3.63, 3.8) is 0 Å². The van der Waals surface area contributed by atoms with E-state index < -0.39 is 0 Å². The summed E-state index contributed by atoms with van der Waals surface area (Å²) in [5.74, 6) is 0.588. The molecule has 2 aromatic rings. The Bertz CT molecular complexity index is 954. The number of carbonyl (C=O) groups is 2. The van der Waals surface area contributed by atoms with Crippen LogP contribution in [0.15, 0.2) is 48.8 Å². The van der Waals surface area contributed by atoms with Gasteiger partial charge in [-0.1, -0.05) is 45.7 Å². The van der Waals surface area contributed by atoms with Crippen molar-refractivity contribution in [3.8, 4) is 0 Å². The minimum absolute atomic E-state index is 0.0699. The summed E-state index contributed by atoms with van der Waals surface area (Å²) >= 11 is 0. The third-order valence-corrected chi connectivity index (χ3v) is 7.32. The Hall–Kier alpha value is -2.73. The van der Waals surface area contributed by atoms with Crippen LogP contribution in [0.1, 0.15) is 67.9 Å². The molecule has 6 heteroatoms. The van der Waals surface area contributed by atoms with Crippen molar-refractivity contribution < 1.29 is 9.59 Å². The standard InChI is InChI=1S/C28H38N4O2/c1-28(2,3)24-10-8-23(9-11-24)27(34)32-18-16-31(17-19-32)25(22-6-4-5-7-22)26(33)30-20-21-12-14-29-15-13-21/h8-15,22,25H,4-7,16-20H2,1-3H3,(H,30,33). The van der Waals surface area contributed by atoms with Gasteiger partial charge in [-0.3, -0.25) is 19.5 Å². The molecule has 2 aliphatic rings. The molecule has 1 N–H and O–H groups in total. The van der Waals surface area contributed by atoms with Crippen molar-refractivity contribution in [1.82, 2.24) is 20.1 Å². The molecule has 1 aromatic carbocycles. The van der Waals surface area contributed by atoms with E-state index in [9.17, 15) is 9.59 Å². The maximum absolute atomic E-state index is 13.3. The second-order valence-electron chi connectivity index (χ2n) is 10.7. The molecule has 34 heavy (non-hydrogen) atoms. The lowest BCUT2D eigenvalue weighted by Crippen LogP contribution is -2.57. The molecule has 1 saturated carbocycles. The van der Waals surface area contributed by atoms with Gasteiger partial charge in [0, 0.05) is 50.7 Å². The van der Waals surface area contributed by atoms with Gasteiger partial charge in [0.05, 0.1) is 6.04 Å². The van der Waals surface area contributed by atoms with E-state index in [0.29, 0.717) is 25.6 Å². The molecule has 2 heterocycles. The summed E-state index contributed by atoms with van der Waals surface area (Å²) in [4.78, 5) is 34.7. The molecule has 2 amide bonds. The Morgan fingerprint density at radius 1 is 0.971 bits per heavy atom. The largest absolute Gasteiger partial charge is 0.351 e. The van der Waals surface area contributed by atoms with Gasteiger partial charge in [0.15, 0.2) is 0 Å². The molecule has 6 nitrogen and oxygen atoms in total. The summed E-state index contributed by atoms with van der Waals surface area (Å²) in [7, 11) is 0. The first kappa shape index (κ1) is 24.4. The van der Waals surface area contributed by atoms with E-state index in [1.54, 1.807) is 12.4 Å². The molecule has 1 saturated heterocycles. The average Bonchev–Trinajstić information content (AvgIpc) is 3.37. The number of aromatic nitrogens is 1. The van der Waals surface area contributed by atoms with Crippen molar-refractivity contribution in [2.75, 3.05) is 26.2 Å². The number of piperazine rings is 1. The summed E-state index contributed by atoms with van der Waals surface area (Å²) in [6.07, 6.45) is 8.11. The van der Waals surface area contributed by atoms with E-state index >= 15 is 0 Å². The SMILES string of the molecule is CC(C)(C)c1ccc(C(=O)N2CCN(C(C(=O)NCc3ccncc3)C3CCCC3)CC2)cc1. The Morgan fingerprint density at radius 3 is 2.18 bits per heavy atom. The van der Waals surface area contributed by atoms with Crippen LogP contribution in [-0.2, 0) is 16.8 Å². The van der Waals surface area contributed by atoms with E-state index in [1.165, 1.54) is 18.4 Å². The summed E-state index contributed by atoms with van der Waals surface area (Å²) in [6, 6.07) is 11.8. The van der Waals surface area contributed by atoms with Crippen LogP contribution in [0.3, 0.4) is 0 Å². The van der Waals surface area contributed by atoms with E-state index in [-0.39, 0.29) is 23.3 Å². The zero-order valence-electron chi connectivity index (χ0n) is 20.8. The molecule has 1 aromatic heterocycles. The summed E-state index contributed by atoms with van der Waals surface area (Å²) < 4.78 is 0. The van der Waals surface area contributed by atoms with Crippen molar-refractivity contribution in [2.24, 2.45) is 5.92 Å². The number of carbonyl (C=O) groups excluding carboxylic acids is 2. The number of amides is 2. The summed E-state index contributed by atoms with van der Waals surface area (Å²) in [5.41, 5.74) is 3.09. The van der Waals surface area contributed by atoms with E-state index in [4.69, 9.17) is 0 Å². The minimum Gasteiger partial charge on any atom is -0.351 e. The van der Waals surface area contributed by atoms with Crippen LogP contribution in [0.5, 0.6) is 0 Å². The zero-order valence-corrected chi connectivity index (χ0v) is 20.8. The fraction of sp³-hybridized carbons (Fsp3) is 0.536. The molecule has 1 unspecified atom stereocenters. The lowest BCUT2D eigenvalue weighted by Gasteiger charge is -2.40. The first-order valence-electron chi connectivity index (χ1n) is 12.6. The highest BCUT2D eigenvalue weighted by Crippen LogP contribution is 2.31. The van der Waals surface area contributed by atoms with Gasteiger partial charge in [-0.15, -0.1) is 0 Å². The highest BCUT2D eigenvalue weighted by Gasteiger charge is 2.37. The molecule has 0 spiro atoms. The maximum atomic E-state index is 13.3. The van der Waals surface area contributed by atoms with Crippen molar-refractivity contribution >= 4 is 11.8 Å². The minimum atomic E-state index is -0.118. The van der Waals surface area contributed by atoms with Crippen molar-refractivity contribution in [3.05, 3.63) is 65.5 Å². The Kier molecular flexibility index (Phi) is 7.67. The highest BCUT2D eigenvalue weighted by molar-refractivity contribution is 5.94. The Morgan fingerprint density at radius 2 is 1.59 bits per heavy atom. The van der Waals surface area contributed by atoms with Crippen LogP contribution in [0.2, 0.25) is 0 Å². The van der Waals surface area contributed by atoms with Crippen molar-refractivity contribution in [1.29, 1.82) is 0 Å². The quantitative estimate of drug-likeness (QED) is 0.704. The third-order valence-electron chi connectivity index (χ3n) is 7.32. The van der Waals surface area contributed by atoms with Gasteiger partial charge in [0.1, 0.15) is 0 Å². The highest BCUT2D eigenvalue weighted by atomic mass is 16.2. The molecule has 4 rings (SSSR count). The van der Waals surface area contributed by atoms with Gasteiger partial charge in [0.25, 0.3) is 5.91 Å². The molecule has 2 fully saturated rings. The number of pyridine rings is 1. The first-order valence-corrected chi connectivity index (χ1v) is 12.6. The average molecular weight is 463 g/mol. The van der Waals surface area contributed by atoms with E-state index in [0.717, 1.165) is 37.1 Å². The lowest BCUT2D eigenvalue weighted by atomic mass is 9.86. The number of hydrogen-bond donors (Lipinski definition) is 1. The van der Waals surface area contributed by atoms with Gasteiger partial charge in [0.2, 0.25) is 5.91 Å². The van der Waals surface area contributed by atoms with Gasteiger partial charge in [-0.25, -0.2) is 0 Å². The number of hydrogen-bond acceptors (Lipinski definition) is 4. The number of benzene rings is 1. The predicted molar refractivity (Wildman–Crippen MR) is 134 cm³/mol. The maximum Gasteiger partial charge on any atom is 0.253 e. The van der Waals surface area contributed by atoms with Crippen LogP contribution in [0.4, 0.5) is 0 Å². The second-order valence-corrected chi connectivity index (χ2v) is 10.7. The summed E-state index contributed by atoms with van der Waals surface area (Å²) in [5, 5.41) is 3.16. The van der Waals surface area contributed by atoms with E-state index in [2.05, 4.69) is 48.1 Å². The van der Waals surface area contributed by atoms with Crippen LogP contribution in [-0.4, -0.2) is 58.8 Å². The summed E-state index contributed by atoms with van der Waals surface area (Å²) in [6.45, 7) is 9.82. The number of nitrogens with zero attached hydrogens (tertiary/aromatic N) is 3. The molecule has 0 radical (unpaired) electrons. The predicted octanol–water partition coefficient (Wildman–Crippen LogP) is 4.01. The van der Waals surface area contributed by atoms with Crippen LogP contribution in [0, 0.1) is 5.92 Å². The van der Waals surface area contributed by atoms with Crippen LogP contribution < -0.4 is 5.32 Å². The molecule has 0 bridgehead atoms. The number of nitrogens with one attached hydrogen (secondary N) is 1. The number of rotatable bonds is 6. The first-order chi connectivity index (χ1) is 16.3. The molecule has 1 aliphatic heterocycles. The normalized spacial score (nSPS) is 18.6. The topological polar surface area (TPSA) is 65.5 Å². The lowest BCUT2D eigenvalue weighted by molar-refractivity contribution is -0.129. The smallest absolute Gasteiger partial charge is 0.253 e. The van der Waals surface area contributed by atoms with Crippen LogP contribution >= 0.6 is 0 Å². The van der Waals surface area contributed by atoms with Gasteiger partial charge >= 0.3 is 0 Å². The zero-order chi connectivity index (χ0) is 24.1. The molecular weight excluding hydrogens is 424 g/mol. The van der Waals surface area contributed by atoms with Crippen LogP contribution in [0.25, 0.3) is 0 Å². The molecule has 182 valence electrons.